The number of rotatable bonds is 3. The standard InChI is InChI=1S/C13H9BrOS/c14-12-6-2-1-5-11(12)13(15)8-7-10-4-3-9-16-10/h1-9H/b8-7+. The Morgan fingerprint density at radius 1 is 1.19 bits per heavy atom. The van der Waals surface area contributed by atoms with Gasteiger partial charge in [-0.25, -0.2) is 0 Å². The molecule has 2 aromatic rings. The van der Waals surface area contributed by atoms with Crippen molar-refractivity contribution >= 4 is 39.1 Å². The quantitative estimate of drug-likeness (QED) is 0.605. The van der Waals surface area contributed by atoms with E-state index in [1.807, 2.05) is 47.9 Å². The lowest BCUT2D eigenvalue weighted by Crippen LogP contribution is -1.94. The summed E-state index contributed by atoms with van der Waals surface area (Å²) in [5.74, 6) is 0.0147. The maximum atomic E-state index is 11.8. The van der Waals surface area contributed by atoms with Crippen LogP contribution in [-0.2, 0) is 0 Å². The number of hydrogen-bond donors (Lipinski definition) is 0. The van der Waals surface area contributed by atoms with Gasteiger partial charge < -0.3 is 0 Å². The largest absolute Gasteiger partial charge is 0.289 e. The van der Waals surface area contributed by atoms with Crippen molar-refractivity contribution in [1.29, 1.82) is 0 Å². The molecule has 0 bridgehead atoms. The van der Waals surface area contributed by atoms with Crippen LogP contribution in [0.15, 0.2) is 52.3 Å². The first-order valence-corrected chi connectivity index (χ1v) is 6.45. The summed E-state index contributed by atoms with van der Waals surface area (Å²) in [5, 5.41) is 1.99. The normalized spacial score (nSPS) is 10.8. The number of allylic oxidation sites excluding steroid dienone is 1. The Bertz CT molecular complexity index is 514. The first kappa shape index (κ1) is 11.3. The Balaban J connectivity index is 2.18. The van der Waals surface area contributed by atoms with E-state index < -0.39 is 0 Å². The smallest absolute Gasteiger partial charge is 0.187 e. The van der Waals surface area contributed by atoms with Crippen LogP contribution in [0.2, 0.25) is 0 Å². The van der Waals surface area contributed by atoms with Gasteiger partial charge in [0.25, 0.3) is 0 Å². The van der Waals surface area contributed by atoms with Crippen molar-refractivity contribution in [3.63, 3.8) is 0 Å². The minimum absolute atomic E-state index is 0.0147. The van der Waals surface area contributed by atoms with E-state index in [1.54, 1.807) is 17.4 Å². The molecule has 2 rings (SSSR count). The van der Waals surface area contributed by atoms with E-state index >= 15 is 0 Å². The molecule has 0 N–H and O–H groups in total. The van der Waals surface area contributed by atoms with Gasteiger partial charge in [-0.2, -0.15) is 0 Å². The second-order valence-electron chi connectivity index (χ2n) is 3.19. The van der Waals surface area contributed by atoms with Crippen molar-refractivity contribution in [2.75, 3.05) is 0 Å². The third kappa shape index (κ3) is 2.68. The fraction of sp³-hybridized carbons (Fsp3) is 0. The van der Waals surface area contributed by atoms with Gasteiger partial charge in [-0.1, -0.05) is 34.1 Å². The van der Waals surface area contributed by atoms with Crippen LogP contribution in [0.3, 0.4) is 0 Å². The molecule has 80 valence electrons. The van der Waals surface area contributed by atoms with Crippen molar-refractivity contribution in [3.8, 4) is 0 Å². The van der Waals surface area contributed by atoms with Crippen LogP contribution in [0, 0.1) is 0 Å². The van der Waals surface area contributed by atoms with Crippen LogP contribution in [-0.4, -0.2) is 5.78 Å². The van der Waals surface area contributed by atoms with E-state index in [4.69, 9.17) is 0 Å². The molecule has 1 nitrogen and oxygen atoms in total. The third-order valence-corrected chi connectivity index (χ3v) is 3.61. The lowest BCUT2D eigenvalue weighted by atomic mass is 10.1. The maximum Gasteiger partial charge on any atom is 0.187 e. The molecule has 1 aromatic heterocycles. The molecule has 0 atom stereocenters. The van der Waals surface area contributed by atoms with Crippen LogP contribution in [0.4, 0.5) is 0 Å². The van der Waals surface area contributed by atoms with Gasteiger partial charge in [0, 0.05) is 14.9 Å². The molecule has 0 spiro atoms. The monoisotopic (exact) mass is 292 g/mol. The number of carbonyl (C=O) groups is 1. The average molecular weight is 293 g/mol. The molecule has 0 unspecified atom stereocenters. The second kappa shape index (κ2) is 5.23. The zero-order valence-corrected chi connectivity index (χ0v) is 10.8. The van der Waals surface area contributed by atoms with Gasteiger partial charge in [0.2, 0.25) is 0 Å². The van der Waals surface area contributed by atoms with Crippen molar-refractivity contribution in [1.82, 2.24) is 0 Å². The highest BCUT2D eigenvalue weighted by Gasteiger charge is 2.05. The lowest BCUT2D eigenvalue weighted by molar-refractivity contribution is 0.104. The van der Waals surface area contributed by atoms with Gasteiger partial charge in [-0.15, -0.1) is 11.3 Å². The minimum Gasteiger partial charge on any atom is -0.289 e. The summed E-state index contributed by atoms with van der Waals surface area (Å²) >= 11 is 4.98. The molecule has 0 aliphatic rings. The number of thiophene rings is 1. The van der Waals surface area contributed by atoms with Crippen molar-refractivity contribution in [2.45, 2.75) is 0 Å². The van der Waals surface area contributed by atoms with Gasteiger partial charge in [0.05, 0.1) is 0 Å². The molecule has 1 aromatic carbocycles. The van der Waals surface area contributed by atoms with Gasteiger partial charge >= 0.3 is 0 Å². The molecule has 0 aliphatic heterocycles. The third-order valence-electron chi connectivity index (χ3n) is 2.08. The summed E-state index contributed by atoms with van der Waals surface area (Å²) in [4.78, 5) is 12.9. The van der Waals surface area contributed by atoms with E-state index in [9.17, 15) is 4.79 Å². The molecule has 3 heteroatoms. The summed E-state index contributed by atoms with van der Waals surface area (Å²) in [6.07, 6.45) is 3.44. The summed E-state index contributed by atoms with van der Waals surface area (Å²) in [6, 6.07) is 11.4. The Morgan fingerprint density at radius 2 is 2.00 bits per heavy atom. The molecule has 1 heterocycles. The van der Waals surface area contributed by atoms with Crippen LogP contribution >= 0.6 is 27.3 Å². The van der Waals surface area contributed by atoms with E-state index in [2.05, 4.69) is 15.9 Å². The fourth-order valence-electron chi connectivity index (χ4n) is 1.29. The first-order valence-electron chi connectivity index (χ1n) is 4.78. The molecule has 0 saturated heterocycles. The molecular weight excluding hydrogens is 284 g/mol. The molecule has 0 aliphatic carbocycles. The van der Waals surface area contributed by atoms with Crippen molar-refractivity contribution < 1.29 is 4.79 Å². The van der Waals surface area contributed by atoms with Gasteiger partial charge in [0.15, 0.2) is 5.78 Å². The maximum absolute atomic E-state index is 11.8. The Morgan fingerprint density at radius 3 is 2.69 bits per heavy atom. The van der Waals surface area contributed by atoms with Crippen molar-refractivity contribution in [3.05, 3.63) is 62.8 Å². The SMILES string of the molecule is O=C(/C=C/c1cccs1)c1ccccc1Br. The van der Waals surface area contributed by atoms with Gasteiger partial charge in [-0.05, 0) is 35.7 Å². The van der Waals surface area contributed by atoms with E-state index in [0.29, 0.717) is 5.56 Å². The number of benzene rings is 1. The Hall–Kier alpha value is -1.19. The minimum atomic E-state index is 0.0147. The zero-order chi connectivity index (χ0) is 11.4. The topological polar surface area (TPSA) is 17.1 Å². The number of halogens is 1. The molecule has 0 radical (unpaired) electrons. The van der Waals surface area contributed by atoms with E-state index in [-0.39, 0.29) is 5.78 Å². The molecule has 0 amide bonds. The van der Waals surface area contributed by atoms with Crippen LogP contribution < -0.4 is 0 Å². The average Bonchev–Trinajstić information content (AvgIpc) is 2.79. The summed E-state index contributed by atoms with van der Waals surface area (Å²) in [6.45, 7) is 0. The molecule has 0 saturated carbocycles. The highest BCUT2D eigenvalue weighted by molar-refractivity contribution is 9.10. The molecular formula is C13H9BrOS. The summed E-state index contributed by atoms with van der Waals surface area (Å²) in [5.41, 5.74) is 0.690. The fourth-order valence-corrected chi connectivity index (χ4v) is 2.39. The van der Waals surface area contributed by atoms with Crippen LogP contribution in [0.25, 0.3) is 6.08 Å². The first-order chi connectivity index (χ1) is 7.77. The van der Waals surface area contributed by atoms with E-state index in [0.717, 1.165) is 9.35 Å². The highest BCUT2D eigenvalue weighted by Crippen LogP contribution is 2.18. The predicted octanol–water partition coefficient (Wildman–Crippen LogP) is 4.41. The highest BCUT2D eigenvalue weighted by atomic mass is 79.9. The Kier molecular flexibility index (Phi) is 3.70. The zero-order valence-electron chi connectivity index (χ0n) is 8.39. The van der Waals surface area contributed by atoms with Crippen LogP contribution in [0.5, 0.6) is 0 Å². The summed E-state index contributed by atoms with van der Waals surface area (Å²) < 4.78 is 0.829. The van der Waals surface area contributed by atoms with Crippen molar-refractivity contribution in [2.24, 2.45) is 0 Å². The number of carbonyl (C=O) groups excluding carboxylic acids is 1. The number of ketones is 1. The predicted molar refractivity (Wildman–Crippen MR) is 71.8 cm³/mol. The van der Waals surface area contributed by atoms with Gasteiger partial charge in [0.1, 0.15) is 0 Å². The molecule has 16 heavy (non-hydrogen) atoms. The lowest BCUT2D eigenvalue weighted by Gasteiger charge is -1.98. The van der Waals surface area contributed by atoms with Crippen LogP contribution in [0.1, 0.15) is 15.2 Å². The second-order valence-corrected chi connectivity index (χ2v) is 5.03. The van der Waals surface area contributed by atoms with Gasteiger partial charge in [-0.3, -0.25) is 4.79 Å². The Labute approximate surface area is 107 Å². The number of hydrogen-bond acceptors (Lipinski definition) is 2. The summed E-state index contributed by atoms with van der Waals surface area (Å²) in [7, 11) is 0. The molecule has 0 fully saturated rings. The van der Waals surface area contributed by atoms with E-state index in [1.165, 1.54) is 0 Å².